The van der Waals surface area contributed by atoms with E-state index in [9.17, 15) is 0 Å². The lowest BCUT2D eigenvalue weighted by atomic mass is 9.77. The molecule has 2 aromatic carbocycles. The predicted molar refractivity (Wildman–Crippen MR) is 112 cm³/mol. The van der Waals surface area contributed by atoms with Crippen LogP contribution in [0.1, 0.15) is 29.5 Å². The summed E-state index contributed by atoms with van der Waals surface area (Å²) in [6.45, 7) is 0. The first-order valence-corrected chi connectivity index (χ1v) is 9.76. The van der Waals surface area contributed by atoms with E-state index in [2.05, 4.69) is 70.4 Å². The molecule has 0 radical (unpaired) electrons. The Morgan fingerprint density at radius 2 is 1.73 bits per heavy atom. The van der Waals surface area contributed by atoms with Gasteiger partial charge in [-0.15, -0.1) is 0 Å². The molecule has 1 N–H and O–H groups in total. The van der Waals surface area contributed by atoms with Crippen molar-refractivity contribution in [3.63, 3.8) is 0 Å². The van der Waals surface area contributed by atoms with E-state index >= 15 is 0 Å². The molecule has 0 aromatic heterocycles. The molecule has 1 heterocycles. The first kappa shape index (κ1) is 17.5. The number of halogens is 1. The number of methoxy groups -OCH3 is 3. The molecule has 4 nitrogen and oxygen atoms in total. The fraction of sp³-hybridized carbons (Fsp3) is 0.333. The fourth-order valence-corrected chi connectivity index (χ4v) is 4.69. The van der Waals surface area contributed by atoms with Crippen molar-refractivity contribution in [2.45, 2.75) is 18.4 Å². The van der Waals surface area contributed by atoms with Gasteiger partial charge in [-0.3, -0.25) is 0 Å². The minimum absolute atomic E-state index is 0.191. The predicted octanol–water partition coefficient (Wildman–Crippen LogP) is 5.14. The van der Waals surface area contributed by atoms with Crippen molar-refractivity contribution in [2.24, 2.45) is 5.92 Å². The third-order valence-corrected chi connectivity index (χ3v) is 6.04. The van der Waals surface area contributed by atoms with Gasteiger partial charge in [0.15, 0.2) is 11.5 Å². The maximum absolute atomic E-state index is 5.56. The van der Waals surface area contributed by atoms with Gasteiger partial charge in [0.2, 0.25) is 5.75 Å². The molecule has 1 aliphatic heterocycles. The molecule has 0 amide bonds. The van der Waals surface area contributed by atoms with E-state index in [-0.39, 0.29) is 6.04 Å². The zero-order valence-electron chi connectivity index (χ0n) is 15.1. The molecule has 3 unspecified atom stereocenters. The van der Waals surface area contributed by atoms with Crippen LogP contribution < -0.4 is 19.5 Å². The molecule has 3 atom stereocenters. The summed E-state index contributed by atoms with van der Waals surface area (Å²) in [7, 11) is 4.95. The van der Waals surface area contributed by atoms with Crippen LogP contribution in [0.25, 0.3) is 0 Å². The molecule has 0 bridgehead atoms. The van der Waals surface area contributed by atoms with Gasteiger partial charge in [0, 0.05) is 15.2 Å². The van der Waals surface area contributed by atoms with E-state index in [1.165, 1.54) is 14.8 Å². The summed E-state index contributed by atoms with van der Waals surface area (Å²) in [5.41, 5.74) is 3.75. The quantitative estimate of drug-likeness (QED) is 0.504. The van der Waals surface area contributed by atoms with Crippen LogP contribution >= 0.6 is 22.6 Å². The molecule has 2 aliphatic rings. The first-order valence-electron chi connectivity index (χ1n) is 8.68. The summed E-state index contributed by atoms with van der Waals surface area (Å²) in [6.07, 6.45) is 5.71. The Hall–Kier alpha value is -1.89. The summed E-state index contributed by atoms with van der Waals surface area (Å²) in [5.74, 6) is 2.93. The Bertz CT molecular complexity index is 839. The Labute approximate surface area is 167 Å². The van der Waals surface area contributed by atoms with Gasteiger partial charge in [0.05, 0.1) is 27.4 Å². The monoisotopic (exact) mass is 463 g/mol. The summed E-state index contributed by atoms with van der Waals surface area (Å²) >= 11 is 2.38. The summed E-state index contributed by atoms with van der Waals surface area (Å²) in [5, 5.41) is 3.76. The van der Waals surface area contributed by atoms with Gasteiger partial charge in [-0.25, -0.2) is 0 Å². The average molecular weight is 463 g/mol. The number of nitrogens with one attached hydrogen (secondary N) is 1. The van der Waals surface area contributed by atoms with Crippen LogP contribution in [0.3, 0.4) is 0 Å². The van der Waals surface area contributed by atoms with Gasteiger partial charge in [-0.1, -0.05) is 12.2 Å². The minimum atomic E-state index is 0.191. The Balaban J connectivity index is 1.80. The van der Waals surface area contributed by atoms with E-state index in [1.807, 2.05) is 0 Å². The maximum Gasteiger partial charge on any atom is 0.203 e. The number of hydrogen-bond donors (Lipinski definition) is 1. The fourth-order valence-electron chi connectivity index (χ4n) is 4.18. The molecule has 4 rings (SSSR count). The van der Waals surface area contributed by atoms with E-state index in [0.29, 0.717) is 29.1 Å². The highest BCUT2D eigenvalue weighted by molar-refractivity contribution is 14.1. The highest BCUT2D eigenvalue weighted by Gasteiger charge is 2.38. The van der Waals surface area contributed by atoms with Gasteiger partial charge < -0.3 is 19.5 Å². The molecule has 136 valence electrons. The lowest BCUT2D eigenvalue weighted by molar-refractivity contribution is 0.322. The smallest absolute Gasteiger partial charge is 0.203 e. The number of ether oxygens (including phenoxy) is 3. The van der Waals surface area contributed by atoms with E-state index in [1.54, 1.807) is 21.3 Å². The van der Waals surface area contributed by atoms with Gasteiger partial charge >= 0.3 is 0 Å². The first-order chi connectivity index (χ1) is 12.7. The normalized spacial score (nSPS) is 23.0. The topological polar surface area (TPSA) is 39.7 Å². The number of fused-ring (bicyclic) bond motifs is 3. The van der Waals surface area contributed by atoms with Crippen LogP contribution in [0.5, 0.6) is 17.2 Å². The van der Waals surface area contributed by atoms with Crippen molar-refractivity contribution >= 4 is 28.3 Å². The third kappa shape index (κ3) is 2.82. The van der Waals surface area contributed by atoms with Crippen molar-refractivity contribution in [1.29, 1.82) is 0 Å². The van der Waals surface area contributed by atoms with Crippen LogP contribution in [0, 0.1) is 9.49 Å². The second-order valence-electron chi connectivity index (χ2n) is 6.67. The van der Waals surface area contributed by atoms with E-state index in [4.69, 9.17) is 14.2 Å². The van der Waals surface area contributed by atoms with E-state index in [0.717, 1.165) is 12.0 Å². The lowest BCUT2D eigenvalue weighted by Gasteiger charge is -2.38. The molecule has 0 fully saturated rings. The summed E-state index contributed by atoms with van der Waals surface area (Å²) in [6, 6.07) is 10.9. The molecule has 0 saturated carbocycles. The molecule has 2 aromatic rings. The van der Waals surface area contributed by atoms with Gasteiger partial charge in [0.1, 0.15) is 0 Å². The molecule has 1 aliphatic carbocycles. The molecule has 0 spiro atoms. The number of benzene rings is 2. The van der Waals surface area contributed by atoms with Crippen LogP contribution in [-0.4, -0.2) is 21.3 Å². The minimum Gasteiger partial charge on any atom is -0.493 e. The molecule has 0 saturated heterocycles. The van der Waals surface area contributed by atoms with Gasteiger partial charge in [0.25, 0.3) is 0 Å². The molecule has 5 heteroatoms. The van der Waals surface area contributed by atoms with Crippen LogP contribution in [-0.2, 0) is 0 Å². The van der Waals surface area contributed by atoms with Crippen molar-refractivity contribution < 1.29 is 14.2 Å². The zero-order valence-corrected chi connectivity index (χ0v) is 17.2. The second kappa shape index (κ2) is 7.02. The highest BCUT2D eigenvalue weighted by atomic mass is 127. The van der Waals surface area contributed by atoms with Crippen molar-refractivity contribution in [3.05, 3.63) is 57.2 Å². The van der Waals surface area contributed by atoms with Crippen LogP contribution in [0.15, 0.2) is 42.5 Å². The number of hydrogen-bond acceptors (Lipinski definition) is 4. The Kier molecular flexibility index (Phi) is 4.73. The van der Waals surface area contributed by atoms with Gasteiger partial charge in [-0.05, 0) is 76.4 Å². The summed E-state index contributed by atoms with van der Waals surface area (Å²) < 4.78 is 17.9. The largest absolute Gasteiger partial charge is 0.493 e. The summed E-state index contributed by atoms with van der Waals surface area (Å²) in [4.78, 5) is 0. The molecular weight excluding hydrogens is 441 g/mol. The highest BCUT2D eigenvalue weighted by Crippen LogP contribution is 2.51. The van der Waals surface area contributed by atoms with Gasteiger partial charge in [-0.2, -0.15) is 0 Å². The van der Waals surface area contributed by atoms with Crippen molar-refractivity contribution in [1.82, 2.24) is 0 Å². The zero-order chi connectivity index (χ0) is 18.3. The third-order valence-electron chi connectivity index (χ3n) is 5.37. The van der Waals surface area contributed by atoms with Crippen molar-refractivity contribution in [3.8, 4) is 17.2 Å². The average Bonchev–Trinajstić information content (AvgIpc) is 3.16. The number of rotatable bonds is 4. The number of allylic oxidation sites excluding steroid dienone is 2. The van der Waals surface area contributed by atoms with E-state index < -0.39 is 0 Å². The number of anilines is 1. The molecular formula is C21H22INO3. The van der Waals surface area contributed by atoms with Crippen molar-refractivity contribution in [2.75, 3.05) is 26.6 Å². The second-order valence-corrected chi connectivity index (χ2v) is 7.91. The standard InChI is InChI=1S/C21H22INO3/c1-24-18-9-12(10-19(25-2)21(18)26-3)20-15-6-4-5-14(15)16-11-13(22)7-8-17(16)23-20/h4-5,7-11,14-15,20,23H,6H2,1-3H3. The molecule has 26 heavy (non-hydrogen) atoms. The SMILES string of the molecule is COc1cc(C2Nc3ccc(I)cc3C3C=CCC32)cc(OC)c1OC. The van der Waals surface area contributed by atoms with Crippen LogP contribution in [0.4, 0.5) is 5.69 Å². The Morgan fingerprint density at radius 1 is 1.00 bits per heavy atom. The van der Waals surface area contributed by atoms with Crippen LogP contribution in [0.2, 0.25) is 0 Å². The maximum atomic E-state index is 5.56. The lowest BCUT2D eigenvalue weighted by Crippen LogP contribution is -2.29. The Morgan fingerprint density at radius 3 is 2.38 bits per heavy atom.